The van der Waals surface area contributed by atoms with Crippen molar-refractivity contribution >= 4 is 17.8 Å². The molecule has 132 valence electrons. The zero-order valence-electron chi connectivity index (χ0n) is 14.9. The highest BCUT2D eigenvalue weighted by atomic mass is 16.2. The minimum Gasteiger partial charge on any atom is -0.320 e. The topological polar surface area (TPSA) is 91.6 Å². The van der Waals surface area contributed by atoms with E-state index < -0.39 is 6.04 Å². The molecule has 1 fully saturated rings. The summed E-state index contributed by atoms with van der Waals surface area (Å²) >= 11 is 0. The number of pyridine rings is 1. The van der Waals surface area contributed by atoms with E-state index in [2.05, 4.69) is 10.3 Å². The average Bonchev–Trinajstić information content (AvgIpc) is 3.01. The van der Waals surface area contributed by atoms with Crippen LogP contribution in [0.5, 0.6) is 0 Å². The van der Waals surface area contributed by atoms with Crippen LogP contribution in [0.4, 0.5) is 10.6 Å². The molecule has 3 N–H and O–H groups in total. The van der Waals surface area contributed by atoms with Crippen molar-refractivity contribution in [3.05, 3.63) is 23.4 Å². The van der Waals surface area contributed by atoms with Gasteiger partial charge in [-0.05, 0) is 43.9 Å². The molecule has 0 bridgehead atoms. The Morgan fingerprint density at radius 2 is 1.96 bits per heavy atom. The molecule has 2 atom stereocenters. The summed E-state index contributed by atoms with van der Waals surface area (Å²) in [7, 11) is 0. The number of aromatic nitrogens is 1. The number of aryl methyl sites for hydroxylation is 2. The molecule has 1 aromatic heterocycles. The quantitative estimate of drug-likeness (QED) is 0.882. The predicted molar refractivity (Wildman–Crippen MR) is 93.2 cm³/mol. The number of nitrogens with zero attached hydrogens (tertiary/aromatic N) is 3. The molecule has 1 aromatic rings. The number of hydrogen-bond acceptors (Lipinski definition) is 4. The summed E-state index contributed by atoms with van der Waals surface area (Å²) in [6.07, 6.45) is 1.56. The second-order valence-corrected chi connectivity index (χ2v) is 6.45. The molecule has 24 heavy (non-hydrogen) atoms. The van der Waals surface area contributed by atoms with Crippen molar-refractivity contribution in [3.63, 3.8) is 0 Å². The Balaban J connectivity index is 2.09. The molecule has 0 radical (unpaired) electrons. The predicted octanol–water partition coefficient (Wildman–Crippen LogP) is 2.05. The molecule has 2 heterocycles. The first kappa shape index (κ1) is 18.2. The van der Waals surface area contributed by atoms with Gasteiger partial charge in [0.2, 0.25) is 0 Å². The van der Waals surface area contributed by atoms with Gasteiger partial charge in [-0.25, -0.2) is 19.8 Å². The van der Waals surface area contributed by atoms with E-state index in [1.807, 2.05) is 33.8 Å². The number of amides is 3. The summed E-state index contributed by atoms with van der Waals surface area (Å²) in [5, 5.41) is 5.68. The van der Waals surface area contributed by atoms with Crippen molar-refractivity contribution < 1.29 is 9.59 Å². The maximum Gasteiger partial charge on any atom is 0.341 e. The van der Waals surface area contributed by atoms with Gasteiger partial charge in [0.1, 0.15) is 5.82 Å². The molecule has 3 amide bonds. The van der Waals surface area contributed by atoms with Crippen molar-refractivity contribution in [1.82, 2.24) is 15.0 Å². The fraction of sp³-hybridized carbons (Fsp3) is 0.588. The van der Waals surface area contributed by atoms with Crippen molar-refractivity contribution in [3.8, 4) is 0 Å². The first-order chi connectivity index (χ1) is 11.3. The minimum absolute atomic E-state index is 0.0732. The number of hydrazine groups is 1. The molecule has 7 nitrogen and oxygen atoms in total. The normalized spacial score (nSPS) is 16.9. The fourth-order valence-corrected chi connectivity index (χ4v) is 2.80. The monoisotopic (exact) mass is 333 g/mol. The van der Waals surface area contributed by atoms with Gasteiger partial charge in [0.25, 0.3) is 5.91 Å². The van der Waals surface area contributed by atoms with Crippen molar-refractivity contribution in [1.29, 1.82) is 0 Å². The van der Waals surface area contributed by atoms with E-state index in [9.17, 15) is 9.59 Å². The molecule has 7 heteroatoms. The molecule has 1 aliphatic heterocycles. The fourth-order valence-electron chi connectivity index (χ4n) is 2.80. The maximum absolute atomic E-state index is 12.6. The zero-order chi connectivity index (χ0) is 17.9. The number of carbonyl (C=O) groups is 2. The summed E-state index contributed by atoms with van der Waals surface area (Å²) < 4.78 is 0. The molecule has 2 unspecified atom stereocenters. The first-order valence-electron chi connectivity index (χ1n) is 8.44. The second-order valence-electron chi connectivity index (χ2n) is 6.45. The number of nitrogens with one attached hydrogen (secondary N) is 1. The van der Waals surface area contributed by atoms with Crippen LogP contribution < -0.4 is 11.1 Å². The molecule has 2 rings (SSSR count). The Hall–Kier alpha value is -2.15. The van der Waals surface area contributed by atoms with Gasteiger partial charge in [0.05, 0.1) is 6.04 Å². The summed E-state index contributed by atoms with van der Waals surface area (Å²) in [4.78, 5) is 29.4. The number of carbonyl (C=O) groups excluding carboxylic acids is 2. The van der Waals surface area contributed by atoms with Gasteiger partial charge in [0, 0.05) is 18.8 Å². The summed E-state index contributed by atoms with van der Waals surface area (Å²) in [6.45, 7) is 8.77. The van der Waals surface area contributed by atoms with E-state index in [1.165, 1.54) is 10.0 Å². The number of hydrogen-bond donors (Lipinski definition) is 2. The Morgan fingerprint density at radius 1 is 1.29 bits per heavy atom. The number of urea groups is 1. The lowest BCUT2D eigenvalue weighted by molar-refractivity contribution is -0.142. The van der Waals surface area contributed by atoms with Crippen LogP contribution in [0.15, 0.2) is 12.1 Å². The molecule has 1 aliphatic rings. The third kappa shape index (κ3) is 4.03. The SMILES string of the molecule is CCC(C)C(N)C(=O)N1CCCN1C(=O)Nc1cc(C)cc(C)n1. The molecule has 1 saturated heterocycles. The van der Waals surface area contributed by atoms with Crippen molar-refractivity contribution in [2.75, 3.05) is 18.4 Å². The minimum atomic E-state index is -0.595. The van der Waals surface area contributed by atoms with E-state index in [-0.39, 0.29) is 17.9 Å². The largest absolute Gasteiger partial charge is 0.341 e. The highest BCUT2D eigenvalue weighted by Crippen LogP contribution is 2.17. The molecular formula is C17H27N5O2. The highest BCUT2D eigenvalue weighted by molar-refractivity contribution is 5.91. The molecule has 0 aromatic carbocycles. The Labute approximate surface area is 143 Å². The molecule has 0 spiro atoms. The van der Waals surface area contributed by atoms with Crippen LogP contribution in [0.2, 0.25) is 0 Å². The van der Waals surface area contributed by atoms with Gasteiger partial charge in [0.15, 0.2) is 0 Å². The Morgan fingerprint density at radius 3 is 2.58 bits per heavy atom. The van der Waals surface area contributed by atoms with Crippen LogP contribution in [0.3, 0.4) is 0 Å². The van der Waals surface area contributed by atoms with Gasteiger partial charge in [-0.2, -0.15) is 0 Å². The van der Waals surface area contributed by atoms with Crippen LogP contribution >= 0.6 is 0 Å². The second kappa shape index (κ2) is 7.61. The lowest BCUT2D eigenvalue weighted by Crippen LogP contribution is -2.53. The van der Waals surface area contributed by atoms with Crippen molar-refractivity contribution in [2.24, 2.45) is 11.7 Å². The van der Waals surface area contributed by atoms with Crippen molar-refractivity contribution in [2.45, 2.75) is 46.6 Å². The van der Waals surface area contributed by atoms with Gasteiger partial charge in [-0.3, -0.25) is 10.1 Å². The van der Waals surface area contributed by atoms with Gasteiger partial charge in [-0.1, -0.05) is 20.3 Å². The highest BCUT2D eigenvalue weighted by Gasteiger charge is 2.34. The van der Waals surface area contributed by atoms with Gasteiger partial charge < -0.3 is 5.73 Å². The number of rotatable bonds is 4. The molecular weight excluding hydrogens is 306 g/mol. The van der Waals surface area contributed by atoms with Gasteiger partial charge >= 0.3 is 6.03 Å². The Bertz CT molecular complexity index is 599. The number of nitrogens with two attached hydrogens (primary N) is 1. The standard InChI is InChI=1S/C17H27N5O2/c1-5-12(3)15(18)16(23)21-7-6-8-22(21)17(24)20-14-10-11(2)9-13(4)19-14/h9-10,12,15H,5-8,18H2,1-4H3,(H,19,20,24). The lowest BCUT2D eigenvalue weighted by atomic mass is 9.99. The van der Waals surface area contributed by atoms with Crippen LogP contribution in [0.1, 0.15) is 37.9 Å². The van der Waals surface area contributed by atoms with E-state index in [1.54, 1.807) is 6.07 Å². The number of anilines is 1. The Kier molecular flexibility index (Phi) is 5.77. The van der Waals surface area contributed by atoms with E-state index in [0.717, 1.165) is 24.1 Å². The average molecular weight is 333 g/mol. The summed E-state index contributed by atoms with van der Waals surface area (Å²) in [5.41, 5.74) is 7.90. The van der Waals surface area contributed by atoms with Gasteiger partial charge in [-0.15, -0.1) is 0 Å². The first-order valence-corrected chi connectivity index (χ1v) is 8.44. The van der Waals surface area contributed by atoms with Crippen LogP contribution in [0, 0.1) is 19.8 Å². The van der Waals surface area contributed by atoms with Crippen LogP contribution in [-0.4, -0.2) is 46.1 Å². The third-order valence-corrected chi connectivity index (χ3v) is 4.39. The lowest BCUT2D eigenvalue weighted by Gasteiger charge is -2.31. The van der Waals surface area contributed by atoms with Crippen LogP contribution in [-0.2, 0) is 4.79 Å². The van der Waals surface area contributed by atoms with E-state index >= 15 is 0 Å². The molecule has 0 aliphatic carbocycles. The van der Waals surface area contributed by atoms with E-state index in [4.69, 9.17) is 5.73 Å². The van der Waals surface area contributed by atoms with E-state index in [0.29, 0.717) is 18.9 Å². The summed E-state index contributed by atoms with van der Waals surface area (Å²) in [6, 6.07) is 2.79. The maximum atomic E-state index is 12.6. The summed E-state index contributed by atoms with van der Waals surface area (Å²) in [5.74, 6) is 0.359. The smallest absolute Gasteiger partial charge is 0.320 e. The zero-order valence-corrected chi connectivity index (χ0v) is 14.9. The van der Waals surface area contributed by atoms with Crippen LogP contribution in [0.25, 0.3) is 0 Å². The third-order valence-electron chi connectivity index (χ3n) is 4.39. The molecule has 0 saturated carbocycles.